The number of esters is 1. The molecule has 1 atom stereocenters. The lowest BCUT2D eigenvalue weighted by atomic mass is 10.1. The van der Waals surface area contributed by atoms with Gasteiger partial charge in [-0.3, -0.25) is 9.69 Å². The van der Waals surface area contributed by atoms with Crippen LogP contribution in [0.2, 0.25) is 5.02 Å². The second-order valence-corrected chi connectivity index (χ2v) is 5.05. The molecule has 20 heavy (non-hydrogen) atoms. The predicted molar refractivity (Wildman–Crippen MR) is 75.1 cm³/mol. The third kappa shape index (κ3) is 3.48. The summed E-state index contributed by atoms with van der Waals surface area (Å²) in [5.74, 6) is -0.634. The number of hydrogen-bond donors (Lipinski definition) is 1. The lowest BCUT2D eigenvalue weighted by Gasteiger charge is -2.34. The first kappa shape index (κ1) is 15.2. The van der Waals surface area contributed by atoms with Crippen molar-refractivity contribution in [1.82, 2.24) is 10.2 Å². The van der Waals surface area contributed by atoms with Crippen molar-refractivity contribution in [2.24, 2.45) is 0 Å². The molecule has 1 aliphatic heterocycles. The second-order valence-electron chi connectivity index (χ2n) is 4.64. The number of carbonyl (C=O) groups is 1. The Morgan fingerprint density at radius 2 is 2.40 bits per heavy atom. The van der Waals surface area contributed by atoms with Gasteiger partial charge in [-0.1, -0.05) is 17.7 Å². The summed E-state index contributed by atoms with van der Waals surface area (Å²) < 4.78 is 18.9. The summed E-state index contributed by atoms with van der Waals surface area (Å²) >= 11 is 6.04. The topological polar surface area (TPSA) is 41.6 Å². The van der Waals surface area contributed by atoms with Crippen LogP contribution in [0.5, 0.6) is 0 Å². The molecule has 6 heteroatoms. The van der Waals surface area contributed by atoms with E-state index in [0.29, 0.717) is 36.8 Å². The van der Waals surface area contributed by atoms with Crippen LogP contribution in [-0.4, -0.2) is 43.2 Å². The van der Waals surface area contributed by atoms with Crippen molar-refractivity contribution >= 4 is 17.6 Å². The maximum Gasteiger partial charge on any atom is 0.324 e. The Bertz CT molecular complexity index is 464. The molecule has 1 heterocycles. The van der Waals surface area contributed by atoms with E-state index in [4.69, 9.17) is 16.3 Å². The number of halogens is 2. The first-order valence-electron chi connectivity index (χ1n) is 6.67. The molecular formula is C14H18ClFN2O2. The van der Waals surface area contributed by atoms with Crippen LogP contribution in [0.4, 0.5) is 4.39 Å². The van der Waals surface area contributed by atoms with Crippen molar-refractivity contribution in [3.8, 4) is 0 Å². The molecule has 1 fully saturated rings. The van der Waals surface area contributed by atoms with E-state index in [1.54, 1.807) is 19.1 Å². The van der Waals surface area contributed by atoms with E-state index in [9.17, 15) is 9.18 Å². The maximum atomic E-state index is 13.8. The van der Waals surface area contributed by atoms with E-state index >= 15 is 0 Å². The molecule has 4 nitrogen and oxygen atoms in total. The lowest BCUT2D eigenvalue weighted by molar-refractivity contribution is -0.150. The highest BCUT2D eigenvalue weighted by Crippen LogP contribution is 2.22. The average Bonchev–Trinajstić information content (AvgIpc) is 2.44. The van der Waals surface area contributed by atoms with Gasteiger partial charge < -0.3 is 10.1 Å². The SMILES string of the molecule is CCOC(=O)C1CNCCN1Cc1c(F)cccc1Cl. The van der Waals surface area contributed by atoms with Crippen LogP contribution in [-0.2, 0) is 16.1 Å². The van der Waals surface area contributed by atoms with Gasteiger partial charge in [0.1, 0.15) is 11.9 Å². The molecule has 1 N–H and O–H groups in total. The standard InChI is InChI=1S/C14H18ClFN2O2/c1-2-20-14(19)13-8-17-6-7-18(13)9-10-11(15)4-3-5-12(10)16/h3-5,13,17H,2,6-9H2,1H3. The van der Waals surface area contributed by atoms with Crippen LogP contribution in [0, 0.1) is 5.82 Å². The van der Waals surface area contributed by atoms with Gasteiger partial charge >= 0.3 is 5.97 Å². The lowest BCUT2D eigenvalue weighted by Crippen LogP contribution is -2.55. The zero-order chi connectivity index (χ0) is 14.5. The molecule has 1 aliphatic rings. The number of piperazine rings is 1. The number of ether oxygens (including phenoxy) is 1. The minimum Gasteiger partial charge on any atom is -0.465 e. The normalized spacial score (nSPS) is 19.9. The smallest absolute Gasteiger partial charge is 0.324 e. The molecule has 0 radical (unpaired) electrons. The van der Waals surface area contributed by atoms with Gasteiger partial charge in [-0.2, -0.15) is 0 Å². The molecule has 2 rings (SSSR count). The molecule has 1 unspecified atom stereocenters. The molecular weight excluding hydrogens is 283 g/mol. The summed E-state index contributed by atoms with van der Waals surface area (Å²) in [6.45, 7) is 4.31. The predicted octanol–water partition coefficient (Wildman–Crippen LogP) is 1.82. The van der Waals surface area contributed by atoms with E-state index in [1.165, 1.54) is 6.07 Å². The molecule has 110 valence electrons. The Balaban J connectivity index is 2.14. The highest BCUT2D eigenvalue weighted by molar-refractivity contribution is 6.31. The minimum atomic E-state index is -0.403. The van der Waals surface area contributed by atoms with Gasteiger partial charge in [-0.15, -0.1) is 0 Å². The van der Waals surface area contributed by atoms with Crippen molar-refractivity contribution in [3.05, 3.63) is 34.6 Å². The first-order chi connectivity index (χ1) is 9.63. The summed E-state index contributed by atoms with van der Waals surface area (Å²) in [7, 11) is 0. The van der Waals surface area contributed by atoms with Crippen LogP contribution < -0.4 is 5.32 Å². The van der Waals surface area contributed by atoms with Crippen molar-refractivity contribution in [2.75, 3.05) is 26.2 Å². The summed E-state index contributed by atoms with van der Waals surface area (Å²) in [5, 5.41) is 3.53. The number of rotatable bonds is 4. The van der Waals surface area contributed by atoms with E-state index in [0.717, 1.165) is 6.54 Å². The van der Waals surface area contributed by atoms with E-state index < -0.39 is 6.04 Å². The van der Waals surface area contributed by atoms with Crippen LogP contribution in [0.1, 0.15) is 12.5 Å². The number of nitrogens with zero attached hydrogens (tertiary/aromatic N) is 1. The fraction of sp³-hybridized carbons (Fsp3) is 0.500. The zero-order valence-electron chi connectivity index (χ0n) is 11.4. The maximum absolute atomic E-state index is 13.8. The Kier molecular flexibility index (Phi) is 5.34. The first-order valence-corrected chi connectivity index (χ1v) is 7.05. The summed E-state index contributed by atoms with van der Waals surface area (Å²) in [5.41, 5.74) is 0.422. The van der Waals surface area contributed by atoms with Crippen molar-refractivity contribution in [3.63, 3.8) is 0 Å². The highest BCUT2D eigenvalue weighted by Gasteiger charge is 2.30. The molecule has 0 aromatic heterocycles. The van der Waals surface area contributed by atoms with Crippen LogP contribution in [0.15, 0.2) is 18.2 Å². The molecule has 1 saturated heterocycles. The van der Waals surface area contributed by atoms with Gasteiger partial charge in [0.25, 0.3) is 0 Å². The largest absolute Gasteiger partial charge is 0.465 e. The van der Waals surface area contributed by atoms with Gasteiger partial charge in [0.15, 0.2) is 0 Å². The minimum absolute atomic E-state index is 0.285. The summed E-state index contributed by atoms with van der Waals surface area (Å²) in [6, 6.07) is 4.20. The van der Waals surface area contributed by atoms with Crippen molar-refractivity contribution in [2.45, 2.75) is 19.5 Å². The molecule has 0 aliphatic carbocycles. The number of benzene rings is 1. The number of nitrogens with one attached hydrogen (secondary N) is 1. The molecule has 0 bridgehead atoms. The third-order valence-electron chi connectivity index (χ3n) is 3.34. The van der Waals surface area contributed by atoms with Gasteiger partial charge in [0.05, 0.1) is 6.61 Å². The second kappa shape index (κ2) is 7.02. The average molecular weight is 301 g/mol. The Hall–Kier alpha value is -1.17. The number of carbonyl (C=O) groups excluding carboxylic acids is 1. The quantitative estimate of drug-likeness (QED) is 0.861. The van der Waals surface area contributed by atoms with Gasteiger partial charge in [-0.05, 0) is 19.1 Å². The zero-order valence-corrected chi connectivity index (χ0v) is 12.1. The summed E-state index contributed by atoms with van der Waals surface area (Å²) in [6.07, 6.45) is 0. The Morgan fingerprint density at radius 1 is 1.60 bits per heavy atom. The summed E-state index contributed by atoms with van der Waals surface area (Å²) in [4.78, 5) is 13.8. The van der Waals surface area contributed by atoms with E-state index in [-0.39, 0.29) is 11.8 Å². The van der Waals surface area contributed by atoms with Crippen LogP contribution in [0.25, 0.3) is 0 Å². The highest BCUT2D eigenvalue weighted by atomic mass is 35.5. The van der Waals surface area contributed by atoms with Crippen molar-refractivity contribution < 1.29 is 13.9 Å². The molecule has 0 saturated carbocycles. The van der Waals surface area contributed by atoms with Gasteiger partial charge in [0.2, 0.25) is 0 Å². The van der Waals surface area contributed by atoms with Crippen LogP contribution in [0.3, 0.4) is 0 Å². The Morgan fingerprint density at radius 3 is 3.10 bits per heavy atom. The third-order valence-corrected chi connectivity index (χ3v) is 3.69. The fourth-order valence-electron chi connectivity index (χ4n) is 2.29. The molecule has 0 spiro atoms. The van der Waals surface area contributed by atoms with E-state index in [1.807, 2.05) is 4.90 Å². The number of hydrogen-bond acceptors (Lipinski definition) is 4. The van der Waals surface area contributed by atoms with Gasteiger partial charge in [-0.25, -0.2) is 4.39 Å². The van der Waals surface area contributed by atoms with Crippen LogP contribution >= 0.6 is 11.6 Å². The van der Waals surface area contributed by atoms with Crippen molar-refractivity contribution in [1.29, 1.82) is 0 Å². The molecule has 0 amide bonds. The molecule has 1 aromatic rings. The van der Waals surface area contributed by atoms with E-state index in [2.05, 4.69) is 5.32 Å². The molecule has 1 aromatic carbocycles. The van der Waals surface area contributed by atoms with Gasteiger partial charge in [0, 0.05) is 36.8 Å². The monoisotopic (exact) mass is 300 g/mol. The fourth-order valence-corrected chi connectivity index (χ4v) is 2.52. The Labute approximate surface area is 122 Å².